The van der Waals surface area contributed by atoms with Gasteiger partial charge in [0.2, 0.25) is 0 Å². The molecule has 4 heteroatoms. The largest absolute Gasteiger partial charge is 0.494 e. The Morgan fingerprint density at radius 2 is 1.80 bits per heavy atom. The van der Waals surface area contributed by atoms with Crippen molar-refractivity contribution in [2.45, 2.75) is 33.6 Å². The number of ether oxygens (including phenoxy) is 1. The van der Waals surface area contributed by atoms with E-state index in [2.05, 4.69) is 23.8 Å². The number of benzene rings is 1. The van der Waals surface area contributed by atoms with Gasteiger partial charge in [-0.1, -0.05) is 13.8 Å². The molecule has 2 aromatic rings. The van der Waals surface area contributed by atoms with E-state index in [0.717, 1.165) is 42.0 Å². The van der Waals surface area contributed by atoms with Crippen LogP contribution in [0.5, 0.6) is 5.75 Å². The van der Waals surface area contributed by atoms with Gasteiger partial charge in [0.15, 0.2) is 5.82 Å². The summed E-state index contributed by atoms with van der Waals surface area (Å²) in [5.41, 5.74) is 8.91. The summed E-state index contributed by atoms with van der Waals surface area (Å²) in [6, 6.07) is 7.80. The summed E-state index contributed by atoms with van der Waals surface area (Å²) in [5, 5.41) is 0. The first-order chi connectivity index (χ1) is 9.65. The van der Waals surface area contributed by atoms with Crippen molar-refractivity contribution >= 4 is 5.82 Å². The van der Waals surface area contributed by atoms with E-state index in [0.29, 0.717) is 11.6 Å². The molecular weight excluding hydrogens is 250 g/mol. The van der Waals surface area contributed by atoms with Crippen molar-refractivity contribution in [1.29, 1.82) is 0 Å². The third-order valence-electron chi connectivity index (χ3n) is 3.18. The van der Waals surface area contributed by atoms with Crippen molar-refractivity contribution in [3.05, 3.63) is 35.5 Å². The molecule has 20 heavy (non-hydrogen) atoms. The van der Waals surface area contributed by atoms with Crippen molar-refractivity contribution in [3.8, 4) is 17.1 Å². The Hall–Kier alpha value is -2.10. The van der Waals surface area contributed by atoms with Gasteiger partial charge in [-0.3, -0.25) is 0 Å². The highest BCUT2D eigenvalue weighted by Gasteiger charge is 2.09. The molecule has 0 aliphatic heterocycles. The highest BCUT2D eigenvalue weighted by atomic mass is 16.5. The van der Waals surface area contributed by atoms with Crippen LogP contribution in [0.25, 0.3) is 11.4 Å². The molecule has 0 spiro atoms. The second kappa shape index (κ2) is 6.37. The molecule has 1 aromatic heterocycles. The van der Waals surface area contributed by atoms with Crippen LogP contribution in [0.15, 0.2) is 24.3 Å². The predicted octanol–water partition coefficient (Wildman–Crippen LogP) is 3.39. The lowest BCUT2D eigenvalue weighted by molar-refractivity contribution is 0.317. The van der Waals surface area contributed by atoms with Gasteiger partial charge >= 0.3 is 0 Å². The molecule has 2 rings (SSSR count). The lowest BCUT2D eigenvalue weighted by atomic mass is 10.1. The van der Waals surface area contributed by atoms with Crippen LogP contribution in [0.2, 0.25) is 0 Å². The molecule has 1 aromatic carbocycles. The van der Waals surface area contributed by atoms with Gasteiger partial charge in [-0.25, -0.2) is 9.97 Å². The van der Waals surface area contributed by atoms with Crippen LogP contribution in [-0.4, -0.2) is 16.6 Å². The summed E-state index contributed by atoms with van der Waals surface area (Å²) in [5.74, 6) is 2.10. The van der Waals surface area contributed by atoms with Crippen molar-refractivity contribution in [2.24, 2.45) is 0 Å². The Morgan fingerprint density at radius 1 is 1.10 bits per heavy atom. The quantitative estimate of drug-likeness (QED) is 0.905. The Morgan fingerprint density at radius 3 is 2.35 bits per heavy atom. The lowest BCUT2D eigenvalue weighted by Crippen LogP contribution is -2.04. The molecule has 1 heterocycles. The fourth-order valence-electron chi connectivity index (χ4n) is 2.10. The summed E-state index contributed by atoms with van der Waals surface area (Å²) in [4.78, 5) is 8.93. The van der Waals surface area contributed by atoms with E-state index in [-0.39, 0.29) is 0 Å². The summed E-state index contributed by atoms with van der Waals surface area (Å²) in [6.07, 6.45) is 1.85. The Labute approximate surface area is 120 Å². The second-order valence-corrected chi connectivity index (χ2v) is 4.72. The van der Waals surface area contributed by atoms with Gasteiger partial charge in [-0.05, 0) is 44.0 Å². The van der Waals surface area contributed by atoms with E-state index < -0.39 is 0 Å². The number of nitrogens with zero attached hydrogens (tertiary/aromatic N) is 2. The molecule has 0 amide bonds. The van der Waals surface area contributed by atoms with Gasteiger partial charge in [-0.15, -0.1) is 0 Å². The number of anilines is 1. The summed E-state index contributed by atoms with van der Waals surface area (Å²) < 4.78 is 5.56. The molecule has 0 radical (unpaired) electrons. The molecule has 4 nitrogen and oxygen atoms in total. The molecule has 0 unspecified atom stereocenters. The van der Waals surface area contributed by atoms with Gasteiger partial charge in [0.1, 0.15) is 11.6 Å². The maximum atomic E-state index is 5.99. The van der Waals surface area contributed by atoms with Gasteiger partial charge < -0.3 is 10.5 Å². The fraction of sp³-hybridized carbons (Fsp3) is 0.375. The van der Waals surface area contributed by atoms with Gasteiger partial charge in [-0.2, -0.15) is 0 Å². The summed E-state index contributed by atoms with van der Waals surface area (Å²) in [7, 11) is 0. The molecule has 106 valence electrons. The minimum atomic E-state index is 0.571. The van der Waals surface area contributed by atoms with Crippen LogP contribution in [0, 0.1) is 6.92 Å². The first-order valence-corrected chi connectivity index (χ1v) is 7.02. The number of nitrogens with two attached hydrogens (primary N) is 1. The standard InChI is InChI=1S/C16H21N3O/c1-4-10-20-13-8-6-12(7-9-13)16-18-11(3)14(5-2)15(17)19-16/h6-9H,4-5,10H2,1-3H3,(H2,17,18,19). The summed E-state index contributed by atoms with van der Waals surface area (Å²) >= 11 is 0. The minimum Gasteiger partial charge on any atom is -0.494 e. The molecular formula is C16H21N3O. The smallest absolute Gasteiger partial charge is 0.161 e. The number of aryl methyl sites for hydroxylation is 1. The molecule has 0 atom stereocenters. The maximum absolute atomic E-state index is 5.99. The van der Waals surface area contributed by atoms with Crippen LogP contribution in [0.1, 0.15) is 31.5 Å². The SMILES string of the molecule is CCCOc1ccc(-c2nc(C)c(CC)c(N)n2)cc1. The average molecular weight is 271 g/mol. The van der Waals surface area contributed by atoms with Crippen molar-refractivity contribution in [3.63, 3.8) is 0 Å². The number of hydrogen-bond donors (Lipinski definition) is 1. The molecule has 0 bridgehead atoms. The Kier molecular flexibility index (Phi) is 4.56. The van der Waals surface area contributed by atoms with E-state index in [9.17, 15) is 0 Å². The molecule has 0 aliphatic rings. The molecule has 0 aliphatic carbocycles. The number of rotatable bonds is 5. The van der Waals surface area contributed by atoms with E-state index in [1.54, 1.807) is 0 Å². The molecule has 0 saturated carbocycles. The minimum absolute atomic E-state index is 0.571. The van der Waals surface area contributed by atoms with Crippen molar-refractivity contribution in [1.82, 2.24) is 9.97 Å². The topological polar surface area (TPSA) is 61.0 Å². The van der Waals surface area contributed by atoms with Crippen LogP contribution < -0.4 is 10.5 Å². The zero-order chi connectivity index (χ0) is 14.5. The van der Waals surface area contributed by atoms with Crippen LogP contribution in [-0.2, 0) is 6.42 Å². The Balaban J connectivity index is 2.27. The monoisotopic (exact) mass is 271 g/mol. The second-order valence-electron chi connectivity index (χ2n) is 4.72. The zero-order valence-corrected chi connectivity index (χ0v) is 12.3. The van der Waals surface area contributed by atoms with Gasteiger partial charge in [0, 0.05) is 16.8 Å². The first kappa shape index (κ1) is 14.3. The van der Waals surface area contributed by atoms with Crippen LogP contribution in [0.3, 0.4) is 0 Å². The molecule has 0 saturated heterocycles. The van der Waals surface area contributed by atoms with Crippen LogP contribution >= 0.6 is 0 Å². The fourth-order valence-corrected chi connectivity index (χ4v) is 2.10. The highest BCUT2D eigenvalue weighted by molar-refractivity contribution is 5.59. The third-order valence-corrected chi connectivity index (χ3v) is 3.18. The van der Waals surface area contributed by atoms with E-state index >= 15 is 0 Å². The third kappa shape index (κ3) is 3.07. The molecule has 0 fully saturated rings. The Bertz CT molecular complexity index is 556. The number of aromatic nitrogens is 2. The van der Waals surface area contributed by atoms with E-state index in [1.165, 1.54) is 0 Å². The zero-order valence-electron chi connectivity index (χ0n) is 12.3. The van der Waals surface area contributed by atoms with E-state index in [1.807, 2.05) is 31.2 Å². The maximum Gasteiger partial charge on any atom is 0.161 e. The van der Waals surface area contributed by atoms with Gasteiger partial charge in [0.05, 0.1) is 6.61 Å². The first-order valence-electron chi connectivity index (χ1n) is 7.02. The van der Waals surface area contributed by atoms with Crippen molar-refractivity contribution < 1.29 is 4.74 Å². The average Bonchev–Trinajstić information content (AvgIpc) is 2.45. The molecule has 2 N–H and O–H groups in total. The summed E-state index contributed by atoms with van der Waals surface area (Å²) in [6.45, 7) is 6.84. The highest BCUT2D eigenvalue weighted by Crippen LogP contribution is 2.23. The van der Waals surface area contributed by atoms with Crippen LogP contribution in [0.4, 0.5) is 5.82 Å². The van der Waals surface area contributed by atoms with Gasteiger partial charge in [0.25, 0.3) is 0 Å². The van der Waals surface area contributed by atoms with Crippen molar-refractivity contribution in [2.75, 3.05) is 12.3 Å². The normalized spacial score (nSPS) is 10.6. The van der Waals surface area contributed by atoms with E-state index in [4.69, 9.17) is 10.5 Å². The predicted molar refractivity (Wildman–Crippen MR) is 81.8 cm³/mol. The number of hydrogen-bond acceptors (Lipinski definition) is 4. The lowest BCUT2D eigenvalue weighted by Gasteiger charge is -2.09. The number of nitrogen functional groups attached to an aromatic ring is 1.